The SMILES string of the molecule is O=C(Nc1cc(F)c(Br)cc1F)c1ccc(F)cc1Cl. The Balaban J connectivity index is 2.30. The molecule has 2 aromatic carbocycles. The van der Waals surface area contributed by atoms with Gasteiger partial charge in [0.25, 0.3) is 5.91 Å². The molecule has 0 heterocycles. The molecular formula is C13H6BrClF3NO. The lowest BCUT2D eigenvalue weighted by Gasteiger charge is -2.08. The highest BCUT2D eigenvalue weighted by atomic mass is 79.9. The van der Waals surface area contributed by atoms with Gasteiger partial charge in [-0.1, -0.05) is 11.6 Å². The summed E-state index contributed by atoms with van der Waals surface area (Å²) in [6, 6.07) is 4.86. The highest BCUT2D eigenvalue weighted by Gasteiger charge is 2.15. The van der Waals surface area contributed by atoms with E-state index < -0.39 is 23.4 Å². The summed E-state index contributed by atoms with van der Waals surface area (Å²) in [5.41, 5.74) is -0.383. The van der Waals surface area contributed by atoms with Crippen molar-refractivity contribution in [2.75, 3.05) is 5.32 Å². The maximum absolute atomic E-state index is 13.6. The first-order valence-corrected chi connectivity index (χ1v) is 6.46. The van der Waals surface area contributed by atoms with E-state index >= 15 is 0 Å². The van der Waals surface area contributed by atoms with Crippen LogP contribution in [0.4, 0.5) is 18.9 Å². The summed E-state index contributed by atoms with van der Waals surface area (Å²) in [6.45, 7) is 0. The summed E-state index contributed by atoms with van der Waals surface area (Å²) in [5, 5.41) is 2.05. The maximum atomic E-state index is 13.6. The van der Waals surface area contributed by atoms with Crippen LogP contribution in [0.1, 0.15) is 10.4 Å². The minimum Gasteiger partial charge on any atom is -0.319 e. The number of halogens is 5. The van der Waals surface area contributed by atoms with Gasteiger partial charge in [0.1, 0.15) is 17.5 Å². The van der Waals surface area contributed by atoms with E-state index in [0.29, 0.717) is 0 Å². The molecule has 0 aromatic heterocycles. The van der Waals surface area contributed by atoms with Crippen LogP contribution in [0.3, 0.4) is 0 Å². The monoisotopic (exact) mass is 363 g/mol. The standard InChI is InChI=1S/C13H6BrClF3NO/c14-8-4-11(18)12(5-10(8)17)19-13(20)7-2-1-6(16)3-9(7)15/h1-5H,(H,19,20). The van der Waals surface area contributed by atoms with Gasteiger partial charge in [0, 0.05) is 6.07 Å². The predicted molar refractivity (Wildman–Crippen MR) is 73.4 cm³/mol. The minimum absolute atomic E-state index is 0.0456. The normalized spacial score (nSPS) is 10.4. The molecule has 0 fully saturated rings. The fraction of sp³-hybridized carbons (Fsp3) is 0. The highest BCUT2D eigenvalue weighted by Crippen LogP contribution is 2.25. The number of carbonyl (C=O) groups is 1. The lowest BCUT2D eigenvalue weighted by molar-refractivity contribution is 0.102. The van der Waals surface area contributed by atoms with E-state index in [-0.39, 0.29) is 20.7 Å². The first kappa shape index (κ1) is 14.9. The largest absolute Gasteiger partial charge is 0.319 e. The summed E-state index contributed by atoms with van der Waals surface area (Å²) in [4.78, 5) is 11.9. The summed E-state index contributed by atoms with van der Waals surface area (Å²) >= 11 is 8.53. The average molecular weight is 365 g/mol. The molecular weight excluding hydrogens is 358 g/mol. The molecule has 20 heavy (non-hydrogen) atoms. The van der Waals surface area contributed by atoms with Crippen LogP contribution in [0.15, 0.2) is 34.8 Å². The van der Waals surface area contributed by atoms with Gasteiger partial charge in [0.15, 0.2) is 0 Å². The van der Waals surface area contributed by atoms with Crippen molar-refractivity contribution in [2.45, 2.75) is 0 Å². The number of carbonyl (C=O) groups excluding carboxylic acids is 1. The predicted octanol–water partition coefficient (Wildman–Crippen LogP) is 4.77. The molecule has 0 aliphatic rings. The van der Waals surface area contributed by atoms with E-state index in [9.17, 15) is 18.0 Å². The van der Waals surface area contributed by atoms with Crippen LogP contribution in [0.2, 0.25) is 5.02 Å². The van der Waals surface area contributed by atoms with Gasteiger partial charge in [0.2, 0.25) is 0 Å². The summed E-state index contributed by atoms with van der Waals surface area (Å²) in [5.74, 6) is -2.92. The molecule has 1 N–H and O–H groups in total. The number of nitrogens with one attached hydrogen (secondary N) is 1. The van der Waals surface area contributed by atoms with Crippen LogP contribution >= 0.6 is 27.5 Å². The molecule has 0 radical (unpaired) electrons. The van der Waals surface area contributed by atoms with E-state index in [4.69, 9.17) is 11.6 Å². The van der Waals surface area contributed by atoms with Gasteiger partial charge in [-0.3, -0.25) is 4.79 Å². The molecule has 0 unspecified atom stereocenters. The van der Waals surface area contributed by atoms with Crippen molar-refractivity contribution in [2.24, 2.45) is 0 Å². The zero-order chi connectivity index (χ0) is 14.9. The van der Waals surface area contributed by atoms with Crippen molar-refractivity contribution in [3.8, 4) is 0 Å². The Hall–Kier alpha value is -1.53. The number of amides is 1. The average Bonchev–Trinajstić information content (AvgIpc) is 2.35. The summed E-state index contributed by atoms with van der Waals surface area (Å²) in [6.07, 6.45) is 0. The third-order valence-corrected chi connectivity index (χ3v) is 3.35. The van der Waals surface area contributed by atoms with E-state index in [1.165, 1.54) is 0 Å². The number of hydrogen-bond acceptors (Lipinski definition) is 1. The number of anilines is 1. The second-order valence-corrected chi connectivity index (χ2v) is 5.09. The number of hydrogen-bond donors (Lipinski definition) is 1. The molecule has 0 bridgehead atoms. The van der Waals surface area contributed by atoms with Crippen molar-refractivity contribution in [1.29, 1.82) is 0 Å². The highest BCUT2D eigenvalue weighted by molar-refractivity contribution is 9.10. The van der Waals surface area contributed by atoms with Gasteiger partial charge in [-0.2, -0.15) is 0 Å². The van der Waals surface area contributed by atoms with E-state index in [2.05, 4.69) is 21.2 Å². The zero-order valence-electron chi connectivity index (χ0n) is 9.68. The molecule has 0 saturated heterocycles. The number of benzene rings is 2. The van der Waals surface area contributed by atoms with Gasteiger partial charge < -0.3 is 5.32 Å². The van der Waals surface area contributed by atoms with Gasteiger partial charge >= 0.3 is 0 Å². The minimum atomic E-state index is -0.815. The Labute approximate surface area is 125 Å². The Morgan fingerprint density at radius 1 is 1.10 bits per heavy atom. The van der Waals surface area contributed by atoms with E-state index in [0.717, 1.165) is 30.3 Å². The second kappa shape index (κ2) is 5.85. The van der Waals surface area contributed by atoms with Crippen molar-refractivity contribution < 1.29 is 18.0 Å². The van der Waals surface area contributed by atoms with Crippen LogP contribution in [-0.2, 0) is 0 Å². The summed E-state index contributed by atoms with van der Waals surface area (Å²) < 4.78 is 39.7. The third-order valence-electron chi connectivity index (χ3n) is 2.43. The first-order valence-electron chi connectivity index (χ1n) is 5.29. The lowest BCUT2D eigenvalue weighted by atomic mass is 10.2. The summed E-state index contributed by atoms with van der Waals surface area (Å²) in [7, 11) is 0. The fourth-order valence-corrected chi connectivity index (χ4v) is 2.05. The molecule has 2 aromatic rings. The fourth-order valence-electron chi connectivity index (χ4n) is 1.48. The zero-order valence-corrected chi connectivity index (χ0v) is 12.0. The van der Waals surface area contributed by atoms with Crippen molar-refractivity contribution in [1.82, 2.24) is 0 Å². The van der Waals surface area contributed by atoms with Gasteiger partial charge in [0.05, 0.1) is 20.7 Å². The van der Waals surface area contributed by atoms with Gasteiger partial charge in [-0.05, 0) is 40.2 Å². The molecule has 1 amide bonds. The Bertz CT molecular complexity index is 694. The second-order valence-electron chi connectivity index (χ2n) is 3.82. The van der Waals surface area contributed by atoms with Crippen LogP contribution in [-0.4, -0.2) is 5.91 Å². The lowest BCUT2D eigenvalue weighted by Crippen LogP contribution is -2.14. The molecule has 0 aliphatic heterocycles. The smallest absolute Gasteiger partial charge is 0.257 e. The molecule has 0 saturated carbocycles. The topological polar surface area (TPSA) is 29.1 Å². The van der Waals surface area contributed by atoms with Crippen LogP contribution in [0.25, 0.3) is 0 Å². The van der Waals surface area contributed by atoms with E-state index in [1.54, 1.807) is 0 Å². The van der Waals surface area contributed by atoms with Gasteiger partial charge in [-0.15, -0.1) is 0 Å². The molecule has 7 heteroatoms. The van der Waals surface area contributed by atoms with Crippen LogP contribution in [0.5, 0.6) is 0 Å². The van der Waals surface area contributed by atoms with Gasteiger partial charge in [-0.25, -0.2) is 13.2 Å². The number of rotatable bonds is 2. The molecule has 0 aliphatic carbocycles. The maximum Gasteiger partial charge on any atom is 0.257 e. The van der Waals surface area contributed by atoms with E-state index in [1.807, 2.05) is 0 Å². The Kier molecular flexibility index (Phi) is 4.35. The molecule has 2 rings (SSSR count). The first-order chi connectivity index (χ1) is 9.38. The van der Waals surface area contributed by atoms with Crippen LogP contribution in [0, 0.1) is 17.5 Å². The molecule has 0 atom stereocenters. The molecule has 0 spiro atoms. The third kappa shape index (κ3) is 3.13. The molecule has 2 nitrogen and oxygen atoms in total. The van der Waals surface area contributed by atoms with Crippen LogP contribution < -0.4 is 5.32 Å². The van der Waals surface area contributed by atoms with Crippen molar-refractivity contribution in [3.63, 3.8) is 0 Å². The quantitative estimate of drug-likeness (QED) is 0.764. The molecule has 104 valence electrons. The Morgan fingerprint density at radius 3 is 2.45 bits per heavy atom. The Morgan fingerprint density at radius 2 is 1.80 bits per heavy atom. The van der Waals surface area contributed by atoms with Crippen molar-refractivity contribution >= 4 is 39.1 Å². The van der Waals surface area contributed by atoms with Crippen molar-refractivity contribution in [3.05, 3.63) is 62.8 Å².